The second-order valence-electron chi connectivity index (χ2n) is 3.16. The molecule has 0 N–H and O–H groups in total. The van der Waals surface area contributed by atoms with Crippen molar-refractivity contribution in [3.63, 3.8) is 0 Å². The van der Waals surface area contributed by atoms with Gasteiger partial charge in [0.1, 0.15) is 18.9 Å². The van der Waals surface area contributed by atoms with E-state index in [0.29, 0.717) is 13.0 Å². The number of ether oxygens (including phenoxy) is 3. The molecule has 0 fully saturated rings. The quantitative estimate of drug-likeness (QED) is 0.284. The van der Waals surface area contributed by atoms with Crippen LogP contribution in [0.2, 0.25) is 0 Å². The first kappa shape index (κ1) is 14.5. The molecule has 0 aromatic heterocycles. The summed E-state index contributed by atoms with van der Waals surface area (Å²) in [5, 5.41) is 8.69. The van der Waals surface area contributed by atoms with Crippen molar-refractivity contribution in [2.45, 2.75) is 26.4 Å². The van der Waals surface area contributed by atoms with Gasteiger partial charge in [0.2, 0.25) is 0 Å². The van der Waals surface area contributed by atoms with Crippen molar-refractivity contribution in [3.05, 3.63) is 11.8 Å². The van der Waals surface area contributed by atoms with Gasteiger partial charge in [0.05, 0.1) is 12.7 Å². The Labute approximate surface area is 95.6 Å². The minimum Gasteiger partial charge on any atom is -0.497 e. The topological polar surface area (TPSA) is 68.6 Å². The minimum absolute atomic E-state index is 0.0946. The molecule has 0 aromatic rings. The normalized spacial score (nSPS) is 12.8. The predicted molar refractivity (Wildman–Crippen MR) is 57.4 cm³/mol. The second kappa shape index (κ2) is 8.74. The maximum atomic E-state index is 11.3. The molecule has 0 spiro atoms. The Bertz CT molecular complexity index is 280. The van der Waals surface area contributed by atoms with Crippen molar-refractivity contribution in [2.24, 2.45) is 0 Å². The molecule has 5 heteroatoms. The van der Waals surface area contributed by atoms with Gasteiger partial charge in [-0.05, 0) is 13.3 Å². The summed E-state index contributed by atoms with van der Waals surface area (Å²) in [4.78, 5) is 11.3. The van der Waals surface area contributed by atoms with Gasteiger partial charge in [0.25, 0.3) is 0 Å². The molecule has 0 bridgehead atoms. The van der Waals surface area contributed by atoms with Gasteiger partial charge in [-0.3, -0.25) is 0 Å². The molecule has 0 amide bonds. The SMILES string of the molecule is CCCOC(=O)/C(C#N)=C/OCC(C)OC. The number of rotatable bonds is 7. The molecule has 16 heavy (non-hydrogen) atoms. The molecule has 1 unspecified atom stereocenters. The molecule has 0 saturated carbocycles. The van der Waals surface area contributed by atoms with E-state index in [1.807, 2.05) is 13.8 Å². The standard InChI is InChI=1S/C11H17NO4/c1-4-5-16-11(13)10(6-12)8-15-7-9(2)14-3/h8-9H,4-5,7H2,1-3H3/b10-8+. The lowest BCUT2D eigenvalue weighted by Crippen LogP contribution is -2.13. The summed E-state index contributed by atoms with van der Waals surface area (Å²) in [6.45, 7) is 4.27. The molecular weight excluding hydrogens is 210 g/mol. The van der Waals surface area contributed by atoms with Crippen LogP contribution < -0.4 is 0 Å². The van der Waals surface area contributed by atoms with Crippen LogP contribution in [-0.2, 0) is 19.0 Å². The smallest absolute Gasteiger partial charge is 0.352 e. The highest BCUT2D eigenvalue weighted by Gasteiger charge is 2.10. The molecule has 1 atom stereocenters. The van der Waals surface area contributed by atoms with Crippen molar-refractivity contribution >= 4 is 5.97 Å². The molecule has 0 radical (unpaired) electrons. The average molecular weight is 227 g/mol. The fourth-order valence-electron chi connectivity index (χ4n) is 0.728. The number of nitriles is 1. The first-order chi connectivity index (χ1) is 7.65. The summed E-state index contributed by atoms with van der Waals surface area (Å²) >= 11 is 0. The highest BCUT2D eigenvalue weighted by atomic mass is 16.5. The Balaban J connectivity index is 4.12. The molecule has 0 saturated heterocycles. The number of hydrogen-bond acceptors (Lipinski definition) is 5. The van der Waals surface area contributed by atoms with E-state index in [1.165, 1.54) is 0 Å². The lowest BCUT2D eigenvalue weighted by atomic mass is 10.3. The van der Waals surface area contributed by atoms with Crippen LogP contribution in [0.15, 0.2) is 11.8 Å². The highest BCUT2D eigenvalue weighted by molar-refractivity contribution is 5.92. The fraction of sp³-hybridized carbons (Fsp3) is 0.636. The third-order valence-electron chi connectivity index (χ3n) is 1.71. The van der Waals surface area contributed by atoms with E-state index in [1.54, 1.807) is 13.2 Å². The van der Waals surface area contributed by atoms with Crippen LogP contribution in [0.5, 0.6) is 0 Å². The van der Waals surface area contributed by atoms with E-state index in [-0.39, 0.29) is 18.3 Å². The number of hydrogen-bond donors (Lipinski definition) is 0. The van der Waals surface area contributed by atoms with Crippen molar-refractivity contribution in [1.82, 2.24) is 0 Å². The number of methoxy groups -OCH3 is 1. The summed E-state index contributed by atoms with van der Waals surface area (Å²) in [5.74, 6) is -0.658. The Morgan fingerprint density at radius 2 is 2.25 bits per heavy atom. The van der Waals surface area contributed by atoms with E-state index >= 15 is 0 Å². The first-order valence-electron chi connectivity index (χ1n) is 5.07. The lowest BCUT2D eigenvalue weighted by Gasteiger charge is -2.08. The zero-order valence-electron chi connectivity index (χ0n) is 9.86. The minimum atomic E-state index is -0.658. The zero-order chi connectivity index (χ0) is 12.4. The van der Waals surface area contributed by atoms with Crippen LogP contribution in [0, 0.1) is 11.3 Å². The molecular formula is C11H17NO4. The second-order valence-corrected chi connectivity index (χ2v) is 3.16. The largest absolute Gasteiger partial charge is 0.497 e. The van der Waals surface area contributed by atoms with Crippen LogP contribution in [0.1, 0.15) is 20.3 Å². The maximum Gasteiger partial charge on any atom is 0.352 e. The Hall–Kier alpha value is -1.54. The molecule has 0 heterocycles. The summed E-state index contributed by atoms with van der Waals surface area (Å²) < 4.78 is 14.8. The van der Waals surface area contributed by atoms with Gasteiger partial charge in [-0.15, -0.1) is 0 Å². The predicted octanol–water partition coefficient (Wildman–Crippen LogP) is 1.40. The number of carbonyl (C=O) groups is 1. The third kappa shape index (κ3) is 6.04. The van der Waals surface area contributed by atoms with Crippen LogP contribution in [0.25, 0.3) is 0 Å². The molecule has 5 nitrogen and oxygen atoms in total. The van der Waals surface area contributed by atoms with Gasteiger partial charge in [-0.1, -0.05) is 6.92 Å². The summed E-state index contributed by atoms with van der Waals surface area (Å²) in [5.41, 5.74) is -0.142. The van der Waals surface area contributed by atoms with Gasteiger partial charge in [0, 0.05) is 7.11 Å². The van der Waals surface area contributed by atoms with E-state index in [2.05, 4.69) is 0 Å². The summed E-state index contributed by atoms with van der Waals surface area (Å²) in [7, 11) is 1.55. The number of nitrogens with zero attached hydrogens (tertiary/aromatic N) is 1. The van der Waals surface area contributed by atoms with Crippen molar-refractivity contribution in [2.75, 3.05) is 20.3 Å². The Morgan fingerprint density at radius 1 is 1.56 bits per heavy atom. The van der Waals surface area contributed by atoms with Gasteiger partial charge in [-0.25, -0.2) is 4.79 Å². The van der Waals surface area contributed by atoms with Crippen molar-refractivity contribution in [1.29, 1.82) is 5.26 Å². The summed E-state index contributed by atoms with van der Waals surface area (Å²) in [6.07, 6.45) is 1.72. The van der Waals surface area contributed by atoms with E-state index in [9.17, 15) is 4.79 Å². The zero-order valence-corrected chi connectivity index (χ0v) is 9.86. The first-order valence-corrected chi connectivity index (χ1v) is 5.07. The van der Waals surface area contributed by atoms with Gasteiger partial charge in [0.15, 0.2) is 5.57 Å². The Kier molecular flexibility index (Phi) is 7.90. The molecule has 0 aliphatic carbocycles. The Morgan fingerprint density at radius 3 is 2.75 bits per heavy atom. The van der Waals surface area contributed by atoms with Gasteiger partial charge in [-0.2, -0.15) is 5.26 Å². The van der Waals surface area contributed by atoms with E-state index in [0.717, 1.165) is 6.26 Å². The van der Waals surface area contributed by atoms with Gasteiger partial charge < -0.3 is 14.2 Å². The van der Waals surface area contributed by atoms with E-state index < -0.39 is 5.97 Å². The van der Waals surface area contributed by atoms with Crippen LogP contribution in [-0.4, -0.2) is 32.4 Å². The van der Waals surface area contributed by atoms with Crippen molar-refractivity contribution in [3.8, 4) is 6.07 Å². The molecule has 0 aliphatic rings. The molecule has 0 rings (SSSR count). The average Bonchev–Trinajstić information content (AvgIpc) is 2.31. The molecule has 0 aromatic carbocycles. The lowest BCUT2D eigenvalue weighted by molar-refractivity contribution is -0.138. The van der Waals surface area contributed by atoms with Gasteiger partial charge >= 0.3 is 5.97 Å². The monoisotopic (exact) mass is 227 g/mol. The number of esters is 1. The van der Waals surface area contributed by atoms with Crippen molar-refractivity contribution < 1.29 is 19.0 Å². The van der Waals surface area contributed by atoms with Crippen LogP contribution in [0.3, 0.4) is 0 Å². The van der Waals surface area contributed by atoms with Crippen LogP contribution in [0.4, 0.5) is 0 Å². The van der Waals surface area contributed by atoms with Crippen LogP contribution >= 0.6 is 0 Å². The fourth-order valence-corrected chi connectivity index (χ4v) is 0.728. The maximum absolute atomic E-state index is 11.3. The third-order valence-corrected chi connectivity index (χ3v) is 1.71. The van der Waals surface area contributed by atoms with E-state index in [4.69, 9.17) is 19.5 Å². The molecule has 90 valence electrons. The highest BCUT2D eigenvalue weighted by Crippen LogP contribution is 1.99. The number of carbonyl (C=O) groups excluding carboxylic acids is 1. The summed E-state index contributed by atoms with van der Waals surface area (Å²) in [6, 6.07) is 1.72. The molecule has 0 aliphatic heterocycles.